The largest absolute Gasteiger partial charge is 0.332 e. The molecule has 0 aliphatic carbocycles. The summed E-state index contributed by atoms with van der Waals surface area (Å²) in [7, 11) is 0. The molecule has 0 saturated heterocycles. The highest BCUT2D eigenvalue weighted by molar-refractivity contribution is 8.15. The number of hydrogen-bond acceptors (Lipinski definition) is 3. The van der Waals surface area contributed by atoms with Crippen molar-refractivity contribution < 1.29 is 13.2 Å². The third kappa shape index (κ3) is 2.80. The van der Waals surface area contributed by atoms with Crippen LogP contribution in [0.4, 0.5) is 18.9 Å². The fourth-order valence-corrected chi connectivity index (χ4v) is 2.59. The number of rotatable bonds is 2. The van der Waals surface area contributed by atoms with Gasteiger partial charge in [0.15, 0.2) is 16.8 Å². The summed E-state index contributed by atoms with van der Waals surface area (Å²) in [5, 5.41) is 3.45. The topological polar surface area (TPSA) is 24.4 Å². The lowest BCUT2D eigenvalue weighted by Gasteiger charge is -2.12. The molecule has 2 rings (SSSR count). The van der Waals surface area contributed by atoms with Gasteiger partial charge in [-0.25, -0.2) is 13.2 Å². The molecule has 1 aliphatic rings. The maximum atomic E-state index is 13.4. The van der Waals surface area contributed by atoms with Crippen molar-refractivity contribution in [1.82, 2.24) is 0 Å². The number of thioether (sulfide) groups is 1. The van der Waals surface area contributed by atoms with Crippen molar-refractivity contribution in [3.05, 3.63) is 29.6 Å². The molecule has 98 valence electrons. The second kappa shape index (κ2) is 5.22. The molecule has 2 nitrogen and oxygen atoms in total. The number of nitrogens with zero attached hydrogens (tertiary/aromatic N) is 1. The number of halogens is 3. The highest BCUT2D eigenvalue weighted by atomic mass is 32.2. The predicted octanol–water partition coefficient (Wildman–Crippen LogP) is 3.64. The minimum Gasteiger partial charge on any atom is -0.332 e. The first kappa shape index (κ1) is 13.3. The monoisotopic (exact) mass is 274 g/mol. The molecule has 0 amide bonds. The van der Waals surface area contributed by atoms with Crippen molar-refractivity contribution in [2.75, 3.05) is 11.9 Å². The third-order valence-corrected chi connectivity index (χ3v) is 4.11. The SMILES string of the molecule is CC(C)C1CN=C(Nc2cc(F)cc(F)c2F)S1. The van der Waals surface area contributed by atoms with Crippen LogP contribution in [0.3, 0.4) is 0 Å². The summed E-state index contributed by atoms with van der Waals surface area (Å²) >= 11 is 1.46. The van der Waals surface area contributed by atoms with Gasteiger partial charge in [0.25, 0.3) is 0 Å². The molecule has 0 bridgehead atoms. The zero-order chi connectivity index (χ0) is 13.3. The Kier molecular flexibility index (Phi) is 3.85. The quantitative estimate of drug-likeness (QED) is 0.833. The van der Waals surface area contributed by atoms with E-state index in [0.29, 0.717) is 28.9 Å². The molecule has 6 heteroatoms. The summed E-state index contributed by atoms with van der Waals surface area (Å²) in [6.07, 6.45) is 0. The van der Waals surface area contributed by atoms with Crippen LogP contribution < -0.4 is 5.32 Å². The standard InChI is InChI=1S/C12H13F3N2S/c1-6(2)10-5-16-12(18-10)17-9-4-7(13)3-8(14)11(9)15/h3-4,6,10H,5H2,1-2H3,(H,16,17). The lowest BCUT2D eigenvalue weighted by molar-refractivity contribution is 0.498. The Hall–Kier alpha value is -1.17. The van der Waals surface area contributed by atoms with E-state index in [9.17, 15) is 13.2 Å². The smallest absolute Gasteiger partial charge is 0.182 e. The average Bonchev–Trinajstić information content (AvgIpc) is 2.74. The summed E-state index contributed by atoms with van der Waals surface area (Å²) in [5.41, 5.74) is -0.219. The van der Waals surface area contributed by atoms with E-state index >= 15 is 0 Å². The number of aliphatic imine (C=N–C) groups is 1. The summed E-state index contributed by atoms with van der Waals surface area (Å²) in [5.74, 6) is -2.68. The normalized spacial score (nSPS) is 19.2. The van der Waals surface area contributed by atoms with Crippen molar-refractivity contribution in [3.8, 4) is 0 Å². The van der Waals surface area contributed by atoms with E-state index in [4.69, 9.17) is 0 Å². The summed E-state index contributed by atoms with van der Waals surface area (Å²) in [6.45, 7) is 4.77. The van der Waals surface area contributed by atoms with Gasteiger partial charge >= 0.3 is 0 Å². The Balaban J connectivity index is 2.12. The van der Waals surface area contributed by atoms with Gasteiger partial charge in [-0.2, -0.15) is 0 Å². The van der Waals surface area contributed by atoms with Crippen molar-refractivity contribution in [2.45, 2.75) is 19.1 Å². The Bertz CT molecular complexity index is 488. The third-order valence-electron chi connectivity index (χ3n) is 2.66. The average molecular weight is 274 g/mol. The number of hydrogen-bond donors (Lipinski definition) is 1. The Labute approximate surface area is 108 Å². The van der Waals surface area contributed by atoms with Gasteiger partial charge in [0.2, 0.25) is 0 Å². The fourth-order valence-electron chi connectivity index (χ4n) is 1.57. The summed E-state index contributed by atoms with van der Waals surface area (Å²) in [4.78, 5) is 4.19. The van der Waals surface area contributed by atoms with Crippen LogP contribution in [-0.2, 0) is 0 Å². The van der Waals surface area contributed by atoms with E-state index in [0.717, 1.165) is 6.07 Å². The molecule has 1 N–H and O–H groups in total. The molecule has 1 heterocycles. The van der Waals surface area contributed by atoms with Gasteiger partial charge in [0, 0.05) is 17.4 Å². The van der Waals surface area contributed by atoms with Gasteiger partial charge in [-0.15, -0.1) is 0 Å². The van der Waals surface area contributed by atoms with Crippen molar-refractivity contribution >= 4 is 22.6 Å². The second-order valence-corrected chi connectivity index (χ2v) is 5.65. The Morgan fingerprint density at radius 2 is 2.06 bits per heavy atom. The Morgan fingerprint density at radius 3 is 2.67 bits per heavy atom. The minimum atomic E-state index is -1.21. The van der Waals surface area contributed by atoms with E-state index in [-0.39, 0.29) is 5.69 Å². The van der Waals surface area contributed by atoms with Crippen LogP contribution in [0.1, 0.15) is 13.8 Å². The van der Waals surface area contributed by atoms with Gasteiger partial charge in [-0.3, -0.25) is 4.99 Å². The van der Waals surface area contributed by atoms with Crippen LogP contribution in [0.15, 0.2) is 17.1 Å². The minimum absolute atomic E-state index is 0.219. The van der Waals surface area contributed by atoms with Gasteiger partial charge in [-0.05, 0) is 5.92 Å². The number of benzene rings is 1. The molecule has 1 atom stereocenters. The van der Waals surface area contributed by atoms with E-state index in [1.165, 1.54) is 11.8 Å². The fraction of sp³-hybridized carbons (Fsp3) is 0.417. The molecule has 0 aromatic heterocycles. The maximum absolute atomic E-state index is 13.4. The van der Waals surface area contributed by atoms with Gasteiger partial charge in [0.1, 0.15) is 5.82 Å². The van der Waals surface area contributed by atoms with Crippen molar-refractivity contribution in [2.24, 2.45) is 10.9 Å². The van der Waals surface area contributed by atoms with Gasteiger partial charge < -0.3 is 5.32 Å². The molecule has 0 spiro atoms. The molecular formula is C12H13F3N2S. The highest BCUT2D eigenvalue weighted by Gasteiger charge is 2.23. The molecule has 18 heavy (non-hydrogen) atoms. The van der Waals surface area contributed by atoms with Crippen LogP contribution in [0.25, 0.3) is 0 Å². The molecule has 1 aromatic carbocycles. The molecule has 0 saturated carbocycles. The molecule has 1 aromatic rings. The molecule has 1 unspecified atom stereocenters. The zero-order valence-electron chi connectivity index (χ0n) is 10.0. The lowest BCUT2D eigenvalue weighted by atomic mass is 10.1. The molecular weight excluding hydrogens is 261 g/mol. The highest BCUT2D eigenvalue weighted by Crippen LogP contribution is 2.29. The van der Waals surface area contributed by atoms with Crippen molar-refractivity contribution in [3.63, 3.8) is 0 Å². The number of amidine groups is 1. The van der Waals surface area contributed by atoms with E-state index < -0.39 is 17.5 Å². The van der Waals surface area contributed by atoms with Crippen LogP contribution in [0.5, 0.6) is 0 Å². The molecule has 1 aliphatic heterocycles. The van der Waals surface area contributed by atoms with Gasteiger partial charge in [0.05, 0.1) is 12.2 Å². The summed E-state index contributed by atoms with van der Waals surface area (Å²) < 4.78 is 39.4. The number of nitrogens with one attached hydrogen (secondary N) is 1. The van der Waals surface area contributed by atoms with Gasteiger partial charge in [-0.1, -0.05) is 25.6 Å². The van der Waals surface area contributed by atoms with Crippen LogP contribution in [0.2, 0.25) is 0 Å². The Morgan fingerprint density at radius 1 is 1.33 bits per heavy atom. The number of anilines is 1. The zero-order valence-corrected chi connectivity index (χ0v) is 10.8. The van der Waals surface area contributed by atoms with E-state index in [1.54, 1.807) is 0 Å². The van der Waals surface area contributed by atoms with E-state index in [2.05, 4.69) is 24.2 Å². The first-order valence-electron chi connectivity index (χ1n) is 5.60. The maximum Gasteiger partial charge on any atom is 0.182 e. The summed E-state index contributed by atoms with van der Waals surface area (Å²) in [6, 6.07) is 1.44. The lowest BCUT2D eigenvalue weighted by Crippen LogP contribution is -2.13. The van der Waals surface area contributed by atoms with Crippen molar-refractivity contribution in [1.29, 1.82) is 0 Å². The van der Waals surface area contributed by atoms with Crippen LogP contribution in [0, 0.1) is 23.4 Å². The first-order valence-corrected chi connectivity index (χ1v) is 6.48. The van der Waals surface area contributed by atoms with E-state index in [1.807, 2.05) is 0 Å². The predicted molar refractivity (Wildman–Crippen MR) is 68.5 cm³/mol. The molecule has 0 fully saturated rings. The first-order chi connectivity index (χ1) is 8.47. The van der Waals surface area contributed by atoms with Crippen LogP contribution >= 0.6 is 11.8 Å². The second-order valence-electron chi connectivity index (χ2n) is 4.42. The van der Waals surface area contributed by atoms with Crippen LogP contribution in [-0.4, -0.2) is 17.0 Å². The molecule has 0 radical (unpaired) electrons.